The lowest BCUT2D eigenvalue weighted by molar-refractivity contribution is 0.111. The Hall–Kier alpha value is -9.89. The van der Waals surface area contributed by atoms with Crippen LogP contribution in [0, 0.1) is 13.8 Å². The van der Waals surface area contributed by atoms with Gasteiger partial charge in [-0.25, -0.2) is 9.97 Å². The maximum Gasteiger partial charge on any atom is 0.489 e. The largest absolute Gasteiger partial charge is 0.489 e. The molecule has 0 bridgehead atoms. The molecule has 0 atom stereocenters. The number of carbonyl (C=O) groups excluding carboxylic acids is 2. The summed E-state index contributed by atoms with van der Waals surface area (Å²) in [5.74, 6) is 0.828. The van der Waals surface area contributed by atoms with Gasteiger partial charge in [0.1, 0.15) is 11.5 Å². The third kappa shape index (κ3) is 15.5. The van der Waals surface area contributed by atoms with Crippen molar-refractivity contribution in [3.63, 3.8) is 0 Å². The lowest BCUT2D eigenvalue weighted by atomic mass is 9.79. The molecule has 3 heterocycles. The normalized spacial score (nSPS) is 10.9. The number of hydrogen-bond acceptors (Lipinski definition) is 6. The van der Waals surface area contributed by atoms with E-state index in [1.807, 2.05) is 152 Å². The van der Waals surface area contributed by atoms with E-state index >= 15 is 0 Å². The quantitative estimate of drug-likeness (QED) is 0.0866. The number of pyridine rings is 1. The van der Waals surface area contributed by atoms with E-state index in [1.54, 1.807) is 42.5 Å². The number of hydrogen-bond donors (Lipinski definition) is 3. The lowest BCUT2D eigenvalue weighted by Crippen LogP contribution is -2.30. The number of aryl methyl sites for hydroxylation is 2. The smallest absolute Gasteiger partial charge is 0.423 e. The van der Waals surface area contributed by atoms with Gasteiger partial charge in [-0.15, -0.1) is 0 Å². The minimum absolute atomic E-state index is 0.284. The molecular weight excluding hydrogens is 1520 g/mol. The fourth-order valence-electron chi connectivity index (χ4n) is 12.7. The molecule has 3 aromatic heterocycles. The maximum atomic E-state index is 11.2. The highest BCUT2D eigenvalue weighted by molar-refractivity contribution is 9.10. The molecule has 0 aliphatic heterocycles. The Balaban J connectivity index is 0.000000117. The molecule has 0 saturated heterocycles. The molecule has 0 aliphatic carbocycles. The van der Waals surface area contributed by atoms with Gasteiger partial charge in [0.25, 0.3) is 0 Å². The molecule has 0 radical (unpaired) electrons. The molecule has 0 fully saturated rings. The standard InChI is InChI=1S/C23H14Cl2N2.C23H13ClN2.C17H10Cl2O.C10H7BCl2O2.C8H10.C7H5BrO/c24-19-9-5-8-16-15(19)12-13-17(22(16)25)14-6-1-2-7-18(14)23-26-20-10-3-4-11-21(20)27-23;24-19-9-5-8-16-15(19)12-13-17-14-6-1-2-7-18(14)23-25-20-10-3-4-11-21(20)26(23)22(16)17;18-16-7-3-6-14-13(16)8-9-15(17(14)19)12-5-2-1-4-11(12)10-20;12-9-3-1-2-7-6(9)4-5-8(10(7)13)11(14)15;1-7-5-3-4-6-8(7)2;8-7-4-2-1-3-6(7)5-9/h1-13H,(H,26,27);1-13H;1-10H;1-5,14-15H;3-6H,1-2H3;1-5H. The van der Waals surface area contributed by atoms with Gasteiger partial charge in [-0.2, -0.15) is 0 Å². The molecule has 17 heteroatoms. The third-order valence-electron chi connectivity index (χ3n) is 18.1. The van der Waals surface area contributed by atoms with Crippen LogP contribution >= 0.6 is 97.1 Å². The predicted octanol–water partition coefficient (Wildman–Crippen LogP) is 26.0. The summed E-state index contributed by atoms with van der Waals surface area (Å²) in [6, 6.07) is 94.3. The number of aromatic amines is 1. The van der Waals surface area contributed by atoms with Crippen molar-refractivity contribution in [1.82, 2.24) is 19.4 Å². The summed E-state index contributed by atoms with van der Waals surface area (Å²) < 4.78 is 3.13. The summed E-state index contributed by atoms with van der Waals surface area (Å²) in [4.78, 5) is 34.5. The number of aromatic nitrogens is 4. The number of nitrogens with one attached hydrogen (secondary N) is 1. The number of benzene rings is 15. The Morgan fingerprint density at radius 3 is 1.34 bits per heavy atom. The minimum atomic E-state index is -1.57. The van der Waals surface area contributed by atoms with Gasteiger partial charge in [0.2, 0.25) is 0 Å². The van der Waals surface area contributed by atoms with Gasteiger partial charge in [0.15, 0.2) is 12.6 Å². The van der Waals surface area contributed by atoms with Gasteiger partial charge in [0.05, 0.1) is 37.6 Å². The van der Waals surface area contributed by atoms with E-state index in [-0.39, 0.29) is 5.46 Å². The molecule has 0 spiro atoms. The zero-order valence-electron chi connectivity index (χ0n) is 56.0. The van der Waals surface area contributed by atoms with E-state index in [0.29, 0.717) is 41.3 Å². The number of fused-ring (bicyclic) bond motifs is 14. The van der Waals surface area contributed by atoms with Crippen molar-refractivity contribution in [3.05, 3.63) is 353 Å². The van der Waals surface area contributed by atoms with Crippen LogP contribution < -0.4 is 5.46 Å². The molecule has 0 saturated carbocycles. The molecular formula is C88H59BBrCl7N4O4. The fraction of sp³-hybridized carbons (Fsp3) is 0.0227. The predicted molar refractivity (Wildman–Crippen MR) is 449 cm³/mol. The van der Waals surface area contributed by atoms with Crippen molar-refractivity contribution in [2.45, 2.75) is 13.8 Å². The zero-order valence-corrected chi connectivity index (χ0v) is 62.9. The molecule has 105 heavy (non-hydrogen) atoms. The van der Waals surface area contributed by atoms with Crippen molar-refractivity contribution in [2.75, 3.05) is 0 Å². The van der Waals surface area contributed by atoms with Gasteiger partial charge in [-0.1, -0.05) is 334 Å². The van der Waals surface area contributed by atoms with Crippen LogP contribution in [0.5, 0.6) is 0 Å². The van der Waals surface area contributed by atoms with E-state index in [9.17, 15) is 9.59 Å². The molecule has 8 nitrogen and oxygen atoms in total. The lowest BCUT2D eigenvalue weighted by Gasteiger charge is -2.12. The van der Waals surface area contributed by atoms with E-state index < -0.39 is 7.12 Å². The van der Waals surface area contributed by atoms with Crippen LogP contribution in [-0.2, 0) is 0 Å². The molecule has 15 aromatic carbocycles. The molecule has 0 amide bonds. The molecule has 18 aromatic rings. The first-order chi connectivity index (χ1) is 51.0. The number of para-hydroxylation sites is 4. The summed E-state index contributed by atoms with van der Waals surface area (Å²) in [7, 11) is -1.57. The second-order valence-corrected chi connectivity index (χ2v) is 28.0. The fourth-order valence-corrected chi connectivity index (χ4v) is 15.0. The second kappa shape index (κ2) is 33.1. The average Bonchev–Trinajstić information content (AvgIpc) is 1.65. The average molecular weight is 1580 g/mol. The Labute approximate surface area is 648 Å². The second-order valence-electron chi connectivity index (χ2n) is 24.4. The van der Waals surface area contributed by atoms with Gasteiger partial charge in [-0.05, 0) is 96.1 Å². The van der Waals surface area contributed by atoms with E-state index in [0.717, 1.165) is 137 Å². The maximum absolute atomic E-state index is 11.2. The number of aldehydes is 2. The van der Waals surface area contributed by atoms with Gasteiger partial charge in [0, 0.05) is 117 Å². The number of H-pyrrole nitrogens is 1. The number of halogens is 8. The summed E-state index contributed by atoms with van der Waals surface area (Å²) in [6.45, 7) is 4.24. The Kier molecular flexibility index (Phi) is 23.1. The topological polar surface area (TPSA) is 121 Å². The molecule has 0 aliphatic rings. The highest BCUT2D eigenvalue weighted by Gasteiger charge is 2.20. The van der Waals surface area contributed by atoms with Crippen molar-refractivity contribution in [1.29, 1.82) is 0 Å². The Bertz CT molecular complexity index is 6270. The van der Waals surface area contributed by atoms with E-state index in [2.05, 4.69) is 136 Å². The number of imidazole rings is 2. The van der Waals surface area contributed by atoms with Crippen LogP contribution in [0.4, 0.5) is 0 Å². The number of carbonyl (C=O) groups is 2. The zero-order chi connectivity index (χ0) is 73.4. The van der Waals surface area contributed by atoms with Crippen LogP contribution in [0.3, 0.4) is 0 Å². The Morgan fingerprint density at radius 1 is 0.362 bits per heavy atom. The van der Waals surface area contributed by atoms with Crippen LogP contribution in [0.2, 0.25) is 35.2 Å². The summed E-state index contributed by atoms with van der Waals surface area (Å²) >= 11 is 47.5. The van der Waals surface area contributed by atoms with E-state index in [4.69, 9.17) is 101 Å². The summed E-state index contributed by atoms with van der Waals surface area (Å²) in [5, 5.41) is 33.5. The highest BCUT2D eigenvalue weighted by atomic mass is 79.9. The minimum Gasteiger partial charge on any atom is -0.423 e. The number of nitrogens with zero attached hydrogens (tertiary/aromatic N) is 3. The van der Waals surface area contributed by atoms with Gasteiger partial charge >= 0.3 is 7.12 Å². The molecule has 3 N–H and O–H groups in total. The van der Waals surface area contributed by atoms with Crippen LogP contribution in [0.1, 0.15) is 31.8 Å². The first kappa shape index (κ1) is 73.4. The molecule has 0 unspecified atom stereocenters. The van der Waals surface area contributed by atoms with Gasteiger partial charge < -0.3 is 15.0 Å². The third-order valence-corrected chi connectivity index (χ3v) is 21.3. The first-order valence-electron chi connectivity index (χ1n) is 33.1. The van der Waals surface area contributed by atoms with E-state index in [1.165, 1.54) is 21.9 Å². The summed E-state index contributed by atoms with van der Waals surface area (Å²) in [5.41, 5.74) is 15.2. The Morgan fingerprint density at radius 2 is 0.781 bits per heavy atom. The monoisotopic (exact) mass is 1570 g/mol. The van der Waals surface area contributed by atoms with Crippen molar-refractivity contribution in [3.8, 4) is 33.6 Å². The summed E-state index contributed by atoms with van der Waals surface area (Å²) in [6.07, 6.45) is 1.66. The first-order valence-corrected chi connectivity index (χ1v) is 36.5. The molecule has 18 rings (SSSR count). The van der Waals surface area contributed by atoms with Crippen LogP contribution in [0.25, 0.3) is 126 Å². The SMILES string of the molecule is Cc1ccccc1C.Clc1cccc2c(Cl)c(-c3ccccc3-c3nc4ccccc4[nH]3)ccc12.Clc1cccc2c1ccc1c3ccccc3c3nc4ccccc4n3c21.O=Cc1ccccc1-c1ccc2c(Cl)cccc2c1Cl.O=Cc1ccccc1Br.OB(O)c1ccc2c(Cl)cccc2c1Cl. The van der Waals surface area contributed by atoms with Gasteiger partial charge in [-0.3, -0.25) is 14.0 Å². The van der Waals surface area contributed by atoms with Crippen molar-refractivity contribution in [2.24, 2.45) is 0 Å². The number of rotatable bonds is 6. The van der Waals surface area contributed by atoms with Crippen LogP contribution in [0.15, 0.2) is 296 Å². The van der Waals surface area contributed by atoms with Crippen molar-refractivity contribution >= 4 is 215 Å². The highest BCUT2D eigenvalue weighted by Crippen LogP contribution is 2.43. The molecule has 514 valence electrons. The van der Waals surface area contributed by atoms with Crippen LogP contribution in [-0.4, -0.2) is 49.1 Å². The van der Waals surface area contributed by atoms with Crippen molar-refractivity contribution < 1.29 is 19.6 Å².